The summed E-state index contributed by atoms with van der Waals surface area (Å²) in [6.45, 7) is 5.55. The quantitative estimate of drug-likeness (QED) is 0.778. The predicted octanol–water partition coefficient (Wildman–Crippen LogP) is 2.83. The van der Waals surface area contributed by atoms with Gasteiger partial charge in [0.05, 0.1) is 5.41 Å². The van der Waals surface area contributed by atoms with Crippen molar-refractivity contribution in [1.82, 2.24) is 5.32 Å². The van der Waals surface area contributed by atoms with E-state index in [1.165, 1.54) is 0 Å². The first-order valence-electron chi connectivity index (χ1n) is 6.02. The number of aliphatic carboxylic acids is 1. The van der Waals surface area contributed by atoms with Crippen molar-refractivity contribution in [2.45, 2.75) is 27.2 Å². The molecule has 104 valence electrons. The summed E-state index contributed by atoms with van der Waals surface area (Å²) in [5, 5.41) is 11.8. The normalized spacial score (nSPS) is 11.2. The SMILES string of the molecule is Cc1c(I)cccc1C(=O)NCCC(C)(C)C(=O)O. The Balaban J connectivity index is 2.62. The first-order chi connectivity index (χ1) is 8.75. The molecule has 0 spiro atoms. The van der Waals surface area contributed by atoms with Crippen LogP contribution in [-0.2, 0) is 4.79 Å². The lowest BCUT2D eigenvalue weighted by Gasteiger charge is -2.19. The third-order valence-corrected chi connectivity index (χ3v) is 4.30. The number of amides is 1. The van der Waals surface area contributed by atoms with E-state index in [1.807, 2.05) is 19.1 Å². The lowest BCUT2D eigenvalue weighted by atomic mass is 9.89. The van der Waals surface area contributed by atoms with Gasteiger partial charge in [0.1, 0.15) is 0 Å². The van der Waals surface area contributed by atoms with Crippen LogP contribution < -0.4 is 5.32 Å². The van der Waals surface area contributed by atoms with Crippen molar-refractivity contribution in [3.8, 4) is 0 Å². The Morgan fingerprint density at radius 1 is 1.37 bits per heavy atom. The number of carboxylic acid groups (broad SMARTS) is 1. The average molecular weight is 375 g/mol. The number of benzene rings is 1. The van der Waals surface area contributed by atoms with E-state index < -0.39 is 11.4 Å². The molecule has 1 aromatic carbocycles. The summed E-state index contributed by atoms with van der Waals surface area (Å²) in [6.07, 6.45) is 0.400. The highest BCUT2D eigenvalue weighted by Crippen LogP contribution is 2.20. The van der Waals surface area contributed by atoms with Gasteiger partial charge < -0.3 is 10.4 Å². The van der Waals surface area contributed by atoms with E-state index in [2.05, 4.69) is 27.9 Å². The summed E-state index contributed by atoms with van der Waals surface area (Å²) in [6, 6.07) is 5.56. The minimum Gasteiger partial charge on any atom is -0.481 e. The van der Waals surface area contributed by atoms with Crippen molar-refractivity contribution < 1.29 is 14.7 Å². The Bertz CT molecular complexity index is 497. The summed E-state index contributed by atoms with van der Waals surface area (Å²) in [4.78, 5) is 23.0. The Labute approximate surface area is 126 Å². The zero-order valence-electron chi connectivity index (χ0n) is 11.3. The molecule has 0 saturated carbocycles. The molecule has 1 rings (SSSR count). The minimum absolute atomic E-state index is 0.155. The smallest absolute Gasteiger partial charge is 0.309 e. The van der Waals surface area contributed by atoms with Gasteiger partial charge in [-0.25, -0.2) is 0 Å². The highest BCUT2D eigenvalue weighted by molar-refractivity contribution is 14.1. The lowest BCUT2D eigenvalue weighted by Crippen LogP contribution is -2.32. The van der Waals surface area contributed by atoms with Crippen LogP contribution in [0.25, 0.3) is 0 Å². The molecule has 0 radical (unpaired) electrons. The van der Waals surface area contributed by atoms with Crippen molar-refractivity contribution in [1.29, 1.82) is 0 Å². The largest absolute Gasteiger partial charge is 0.481 e. The molecule has 0 aliphatic carbocycles. The predicted molar refractivity (Wildman–Crippen MR) is 82.3 cm³/mol. The zero-order valence-corrected chi connectivity index (χ0v) is 13.4. The van der Waals surface area contributed by atoms with Crippen LogP contribution in [0.1, 0.15) is 36.2 Å². The Morgan fingerprint density at radius 3 is 2.58 bits per heavy atom. The number of hydrogen-bond acceptors (Lipinski definition) is 2. The van der Waals surface area contributed by atoms with E-state index in [1.54, 1.807) is 19.9 Å². The molecule has 0 fully saturated rings. The third kappa shape index (κ3) is 4.19. The van der Waals surface area contributed by atoms with Gasteiger partial charge >= 0.3 is 5.97 Å². The van der Waals surface area contributed by atoms with E-state index in [0.29, 0.717) is 18.5 Å². The van der Waals surface area contributed by atoms with Gasteiger partial charge in [-0.2, -0.15) is 0 Å². The first kappa shape index (κ1) is 15.9. The zero-order chi connectivity index (χ0) is 14.6. The molecule has 0 atom stereocenters. The van der Waals surface area contributed by atoms with Crippen molar-refractivity contribution in [2.75, 3.05) is 6.54 Å². The summed E-state index contributed by atoms with van der Waals surface area (Å²) < 4.78 is 1.04. The molecular weight excluding hydrogens is 357 g/mol. The third-order valence-electron chi connectivity index (χ3n) is 3.13. The molecule has 5 heteroatoms. The van der Waals surface area contributed by atoms with E-state index in [-0.39, 0.29) is 5.91 Å². The van der Waals surface area contributed by atoms with Gasteiger partial charge in [0, 0.05) is 15.7 Å². The highest BCUT2D eigenvalue weighted by Gasteiger charge is 2.26. The topological polar surface area (TPSA) is 66.4 Å². The number of carbonyl (C=O) groups is 2. The molecule has 0 bridgehead atoms. The van der Waals surface area contributed by atoms with E-state index in [4.69, 9.17) is 5.11 Å². The number of rotatable bonds is 5. The molecule has 0 saturated heterocycles. The maximum Gasteiger partial charge on any atom is 0.309 e. The number of nitrogens with one attached hydrogen (secondary N) is 1. The second-order valence-corrected chi connectivity index (χ2v) is 6.27. The molecular formula is C14H18INO3. The van der Waals surface area contributed by atoms with E-state index in [0.717, 1.165) is 9.13 Å². The van der Waals surface area contributed by atoms with Crippen LogP contribution in [0.3, 0.4) is 0 Å². The monoisotopic (exact) mass is 375 g/mol. The van der Waals surface area contributed by atoms with E-state index in [9.17, 15) is 9.59 Å². The molecule has 0 aliphatic rings. The fraction of sp³-hybridized carbons (Fsp3) is 0.429. The Morgan fingerprint density at radius 2 is 2.00 bits per heavy atom. The van der Waals surface area contributed by atoms with Crippen LogP contribution >= 0.6 is 22.6 Å². The first-order valence-corrected chi connectivity index (χ1v) is 7.10. The fourth-order valence-corrected chi connectivity index (χ4v) is 2.04. The average Bonchev–Trinajstić information content (AvgIpc) is 2.32. The molecule has 1 amide bonds. The number of halogens is 1. The fourth-order valence-electron chi connectivity index (χ4n) is 1.54. The number of carbonyl (C=O) groups excluding carboxylic acids is 1. The molecule has 2 N–H and O–H groups in total. The number of carboxylic acids is 1. The van der Waals surface area contributed by atoms with Crippen LogP contribution in [-0.4, -0.2) is 23.5 Å². The van der Waals surface area contributed by atoms with Crippen LogP contribution in [0.2, 0.25) is 0 Å². The number of hydrogen-bond donors (Lipinski definition) is 2. The summed E-state index contributed by atoms with van der Waals surface area (Å²) in [7, 11) is 0. The van der Waals surface area contributed by atoms with Crippen LogP contribution in [0.15, 0.2) is 18.2 Å². The molecule has 4 nitrogen and oxygen atoms in total. The van der Waals surface area contributed by atoms with Gasteiger partial charge in [0.15, 0.2) is 0 Å². The van der Waals surface area contributed by atoms with Gasteiger partial charge in [-0.15, -0.1) is 0 Å². The summed E-state index contributed by atoms with van der Waals surface area (Å²) in [5.41, 5.74) is 0.756. The van der Waals surface area contributed by atoms with Gasteiger partial charge in [-0.3, -0.25) is 9.59 Å². The van der Waals surface area contributed by atoms with E-state index >= 15 is 0 Å². The Hall–Kier alpha value is -1.11. The van der Waals surface area contributed by atoms with Crippen molar-refractivity contribution >= 4 is 34.5 Å². The lowest BCUT2D eigenvalue weighted by molar-refractivity contribution is -0.147. The molecule has 19 heavy (non-hydrogen) atoms. The molecule has 0 aliphatic heterocycles. The second-order valence-electron chi connectivity index (χ2n) is 5.11. The summed E-state index contributed by atoms with van der Waals surface area (Å²) in [5.74, 6) is -1.01. The highest BCUT2D eigenvalue weighted by atomic mass is 127. The summed E-state index contributed by atoms with van der Waals surface area (Å²) >= 11 is 2.18. The maximum absolute atomic E-state index is 12.0. The molecule has 0 aromatic heterocycles. The van der Waals surface area contributed by atoms with Gasteiger partial charge in [0.2, 0.25) is 0 Å². The van der Waals surface area contributed by atoms with Crippen LogP contribution in [0.5, 0.6) is 0 Å². The Kier molecular flexibility index (Phi) is 5.34. The minimum atomic E-state index is -0.854. The molecule has 0 unspecified atom stereocenters. The molecule has 1 aromatic rings. The second kappa shape index (κ2) is 6.36. The van der Waals surface area contributed by atoms with Gasteiger partial charge in [-0.1, -0.05) is 6.07 Å². The van der Waals surface area contributed by atoms with Crippen molar-refractivity contribution in [3.05, 3.63) is 32.9 Å². The van der Waals surface area contributed by atoms with Gasteiger partial charge in [0.25, 0.3) is 5.91 Å². The van der Waals surface area contributed by atoms with Crippen molar-refractivity contribution in [2.24, 2.45) is 5.41 Å². The van der Waals surface area contributed by atoms with Crippen LogP contribution in [0, 0.1) is 15.9 Å². The van der Waals surface area contributed by atoms with Gasteiger partial charge in [-0.05, 0) is 67.5 Å². The maximum atomic E-state index is 12.0. The van der Waals surface area contributed by atoms with Crippen molar-refractivity contribution in [3.63, 3.8) is 0 Å². The van der Waals surface area contributed by atoms with Crippen LogP contribution in [0.4, 0.5) is 0 Å². The standard InChI is InChI=1S/C14H18INO3/c1-9-10(5-4-6-11(9)15)12(17)16-8-7-14(2,3)13(18)19/h4-6H,7-8H2,1-3H3,(H,16,17)(H,18,19). The molecule has 0 heterocycles.